The van der Waals surface area contributed by atoms with Gasteiger partial charge >= 0.3 is 0 Å². The van der Waals surface area contributed by atoms with Gasteiger partial charge in [-0.2, -0.15) is 0 Å². The van der Waals surface area contributed by atoms with E-state index in [0.29, 0.717) is 6.42 Å². The van der Waals surface area contributed by atoms with E-state index in [1.165, 1.54) is 4.90 Å². The first kappa shape index (κ1) is 15.2. The summed E-state index contributed by atoms with van der Waals surface area (Å²) in [5.74, 6) is -1.11. The molecule has 0 aliphatic carbocycles. The van der Waals surface area contributed by atoms with Gasteiger partial charge in [0.15, 0.2) is 0 Å². The van der Waals surface area contributed by atoms with Crippen molar-refractivity contribution >= 4 is 17.7 Å². The minimum Gasteiger partial charge on any atom is -0.324 e. The number of rotatable bonds is 4. The molecule has 112 valence electrons. The predicted octanol–water partition coefficient (Wildman–Crippen LogP) is 0.340. The van der Waals surface area contributed by atoms with E-state index >= 15 is 0 Å². The molecule has 2 unspecified atom stereocenters. The zero-order valence-electron chi connectivity index (χ0n) is 11.9. The second kappa shape index (κ2) is 6.49. The van der Waals surface area contributed by atoms with E-state index in [1.807, 2.05) is 30.3 Å². The van der Waals surface area contributed by atoms with Gasteiger partial charge in [0.25, 0.3) is 0 Å². The van der Waals surface area contributed by atoms with Crippen LogP contribution in [0.15, 0.2) is 30.3 Å². The molecule has 0 saturated carbocycles. The molecule has 1 aromatic rings. The highest BCUT2D eigenvalue weighted by molar-refractivity contribution is 6.04. The fourth-order valence-corrected chi connectivity index (χ4v) is 2.31. The van der Waals surface area contributed by atoms with Crippen molar-refractivity contribution in [1.82, 2.24) is 10.2 Å². The Morgan fingerprint density at radius 3 is 2.71 bits per heavy atom. The molecule has 0 bridgehead atoms. The summed E-state index contributed by atoms with van der Waals surface area (Å²) < 4.78 is 0. The van der Waals surface area contributed by atoms with Gasteiger partial charge in [-0.05, 0) is 18.9 Å². The molecule has 1 aromatic carbocycles. The van der Waals surface area contributed by atoms with Crippen molar-refractivity contribution in [2.75, 3.05) is 6.54 Å². The van der Waals surface area contributed by atoms with E-state index in [0.717, 1.165) is 5.56 Å². The summed E-state index contributed by atoms with van der Waals surface area (Å²) in [6, 6.07) is 8.66. The lowest BCUT2D eigenvalue weighted by molar-refractivity contribution is -0.149. The Kier molecular flexibility index (Phi) is 4.70. The molecule has 1 saturated heterocycles. The van der Waals surface area contributed by atoms with Crippen LogP contribution in [-0.4, -0.2) is 35.2 Å². The Balaban J connectivity index is 1.92. The second-order valence-electron chi connectivity index (χ2n) is 5.17. The van der Waals surface area contributed by atoms with Gasteiger partial charge in [0.2, 0.25) is 17.7 Å². The minimum atomic E-state index is -0.622. The van der Waals surface area contributed by atoms with Crippen LogP contribution in [0.5, 0.6) is 0 Å². The third kappa shape index (κ3) is 3.66. The number of carbonyl (C=O) groups excluding carboxylic acids is 3. The largest absolute Gasteiger partial charge is 0.324 e. The Morgan fingerprint density at radius 2 is 2.05 bits per heavy atom. The van der Waals surface area contributed by atoms with Crippen molar-refractivity contribution in [3.8, 4) is 0 Å². The van der Waals surface area contributed by atoms with Crippen molar-refractivity contribution in [2.24, 2.45) is 5.73 Å². The molecule has 21 heavy (non-hydrogen) atoms. The van der Waals surface area contributed by atoms with Crippen LogP contribution in [0.2, 0.25) is 0 Å². The van der Waals surface area contributed by atoms with E-state index in [-0.39, 0.29) is 24.9 Å². The first-order valence-corrected chi connectivity index (χ1v) is 6.92. The van der Waals surface area contributed by atoms with Gasteiger partial charge in [-0.3, -0.25) is 19.7 Å². The van der Waals surface area contributed by atoms with Crippen LogP contribution in [0.4, 0.5) is 0 Å². The standard InChI is InChI=1S/C15H19N3O3/c1-10-15(21)17-13(19)9-18(10)14(20)8-7-12(16)11-5-3-2-4-6-11/h2-6,10,12H,7-9,16H2,1H3,(H,17,19,21). The molecule has 1 aliphatic heterocycles. The zero-order chi connectivity index (χ0) is 15.4. The lowest BCUT2D eigenvalue weighted by Gasteiger charge is -2.32. The summed E-state index contributed by atoms with van der Waals surface area (Å²) in [5, 5.41) is 2.21. The molecule has 3 amide bonds. The zero-order valence-corrected chi connectivity index (χ0v) is 11.9. The number of nitrogens with zero attached hydrogens (tertiary/aromatic N) is 1. The topological polar surface area (TPSA) is 92.5 Å². The number of carbonyl (C=O) groups is 3. The molecule has 3 N–H and O–H groups in total. The molecule has 0 aromatic heterocycles. The van der Waals surface area contributed by atoms with Gasteiger partial charge in [-0.1, -0.05) is 30.3 Å². The normalized spacial score (nSPS) is 20.1. The van der Waals surface area contributed by atoms with Crippen LogP contribution in [0.25, 0.3) is 0 Å². The molecule has 0 radical (unpaired) electrons. The van der Waals surface area contributed by atoms with Crippen molar-refractivity contribution in [3.05, 3.63) is 35.9 Å². The second-order valence-corrected chi connectivity index (χ2v) is 5.17. The number of hydrogen-bond acceptors (Lipinski definition) is 4. The molecular weight excluding hydrogens is 270 g/mol. The van der Waals surface area contributed by atoms with Gasteiger partial charge in [0, 0.05) is 12.5 Å². The van der Waals surface area contributed by atoms with Crippen LogP contribution in [-0.2, 0) is 14.4 Å². The predicted molar refractivity (Wildman–Crippen MR) is 76.9 cm³/mol. The highest BCUT2D eigenvalue weighted by Gasteiger charge is 2.33. The van der Waals surface area contributed by atoms with Crippen molar-refractivity contribution in [1.29, 1.82) is 0 Å². The van der Waals surface area contributed by atoms with Crippen LogP contribution < -0.4 is 11.1 Å². The fourth-order valence-electron chi connectivity index (χ4n) is 2.31. The molecule has 0 spiro atoms. The summed E-state index contributed by atoms with van der Waals surface area (Å²) in [7, 11) is 0. The summed E-state index contributed by atoms with van der Waals surface area (Å²) >= 11 is 0. The fraction of sp³-hybridized carbons (Fsp3) is 0.400. The van der Waals surface area contributed by atoms with Crippen LogP contribution >= 0.6 is 0 Å². The molecule has 1 aliphatic rings. The number of nitrogens with two attached hydrogens (primary N) is 1. The lowest BCUT2D eigenvalue weighted by Crippen LogP contribution is -2.58. The summed E-state index contributed by atoms with van der Waals surface area (Å²) in [5.41, 5.74) is 7.01. The highest BCUT2D eigenvalue weighted by atomic mass is 16.2. The third-order valence-electron chi connectivity index (χ3n) is 3.64. The maximum absolute atomic E-state index is 12.2. The average Bonchev–Trinajstić information content (AvgIpc) is 2.49. The summed E-state index contributed by atoms with van der Waals surface area (Å²) in [6.07, 6.45) is 0.683. The van der Waals surface area contributed by atoms with Crippen LogP contribution in [0.3, 0.4) is 0 Å². The van der Waals surface area contributed by atoms with Crippen molar-refractivity contribution in [3.63, 3.8) is 0 Å². The first-order valence-electron chi connectivity index (χ1n) is 6.92. The van der Waals surface area contributed by atoms with E-state index in [1.54, 1.807) is 6.92 Å². The van der Waals surface area contributed by atoms with Gasteiger partial charge < -0.3 is 10.6 Å². The Labute approximate surface area is 123 Å². The molecule has 6 heteroatoms. The van der Waals surface area contributed by atoms with Crippen LogP contribution in [0, 0.1) is 0 Å². The molecule has 2 rings (SSSR count). The quantitative estimate of drug-likeness (QED) is 0.782. The van der Waals surface area contributed by atoms with Crippen LogP contribution in [0.1, 0.15) is 31.4 Å². The SMILES string of the molecule is CC1C(=O)NC(=O)CN1C(=O)CCC(N)c1ccccc1. The van der Waals surface area contributed by atoms with Gasteiger partial charge in [0.05, 0.1) is 0 Å². The van der Waals surface area contributed by atoms with E-state index in [2.05, 4.69) is 5.32 Å². The van der Waals surface area contributed by atoms with Crippen molar-refractivity contribution in [2.45, 2.75) is 31.8 Å². The number of benzene rings is 1. The number of nitrogens with one attached hydrogen (secondary N) is 1. The Hall–Kier alpha value is -2.21. The number of piperazine rings is 1. The Bertz CT molecular complexity index is 544. The van der Waals surface area contributed by atoms with E-state index < -0.39 is 17.9 Å². The first-order chi connectivity index (χ1) is 9.99. The maximum Gasteiger partial charge on any atom is 0.249 e. The molecule has 6 nitrogen and oxygen atoms in total. The summed E-state index contributed by atoms with van der Waals surface area (Å²) in [4.78, 5) is 36.3. The van der Waals surface area contributed by atoms with E-state index in [9.17, 15) is 14.4 Å². The highest BCUT2D eigenvalue weighted by Crippen LogP contribution is 2.17. The number of imide groups is 1. The molecule has 1 fully saturated rings. The molecule has 2 atom stereocenters. The number of amides is 3. The summed E-state index contributed by atoms with van der Waals surface area (Å²) in [6.45, 7) is 1.53. The third-order valence-corrected chi connectivity index (χ3v) is 3.64. The van der Waals surface area contributed by atoms with Crippen molar-refractivity contribution < 1.29 is 14.4 Å². The number of hydrogen-bond donors (Lipinski definition) is 2. The molecular formula is C15H19N3O3. The Morgan fingerprint density at radius 1 is 1.38 bits per heavy atom. The monoisotopic (exact) mass is 289 g/mol. The average molecular weight is 289 g/mol. The van der Waals surface area contributed by atoms with Gasteiger partial charge in [0.1, 0.15) is 12.6 Å². The minimum absolute atomic E-state index is 0.0771. The lowest BCUT2D eigenvalue weighted by atomic mass is 10.0. The van der Waals surface area contributed by atoms with Gasteiger partial charge in [-0.15, -0.1) is 0 Å². The van der Waals surface area contributed by atoms with E-state index in [4.69, 9.17) is 5.73 Å². The smallest absolute Gasteiger partial charge is 0.249 e. The maximum atomic E-state index is 12.2. The molecule has 1 heterocycles. The van der Waals surface area contributed by atoms with Gasteiger partial charge in [-0.25, -0.2) is 0 Å².